The van der Waals surface area contributed by atoms with E-state index in [0.29, 0.717) is 5.69 Å². The van der Waals surface area contributed by atoms with Crippen LogP contribution in [-0.4, -0.2) is 33.4 Å². The summed E-state index contributed by atoms with van der Waals surface area (Å²) in [6.07, 6.45) is -0.656. The van der Waals surface area contributed by atoms with Crippen molar-refractivity contribution in [2.24, 2.45) is 5.92 Å². The van der Waals surface area contributed by atoms with Gasteiger partial charge in [-0.1, -0.05) is 13.8 Å². The second-order valence-corrected chi connectivity index (χ2v) is 5.70. The number of benzene rings is 1. The van der Waals surface area contributed by atoms with Crippen LogP contribution in [-0.2, 0) is 0 Å². The van der Waals surface area contributed by atoms with E-state index in [1.165, 1.54) is 16.8 Å². The number of halogens is 2. The van der Waals surface area contributed by atoms with Crippen molar-refractivity contribution in [1.29, 1.82) is 0 Å². The van der Waals surface area contributed by atoms with Gasteiger partial charge in [0.25, 0.3) is 5.91 Å². The molecule has 0 spiro atoms. The number of carbonyl (C=O) groups excluding carboxylic acids is 1. The number of carbonyl (C=O) groups is 1. The summed E-state index contributed by atoms with van der Waals surface area (Å²) in [5, 5.41) is 16.3. The number of amides is 1. The zero-order valence-corrected chi connectivity index (χ0v) is 13.2. The first-order valence-electron chi connectivity index (χ1n) is 7.28. The molecular weight excluding hydrogens is 304 g/mol. The summed E-state index contributed by atoms with van der Waals surface area (Å²) in [6.45, 7) is 5.45. The number of aromatic nitrogens is 2. The Balaban J connectivity index is 2.19. The summed E-state index contributed by atoms with van der Waals surface area (Å²) < 4.78 is 28.1. The summed E-state index contributed by atoms with van der Waals surface area (Å²) in [7, 11) is 0. The number of nitrogens with zero attached hydrogens (tertiary/aromatic N) is 2. The molecular formula is C16H19F2N3O2. The predicted octanol–water partition coefficient (Wildman–Crippen LogP) is 2.21. The maximum Gasteiger partial charge on any atom is 0.271 e. The zero-order chi connectivity index (χ0) is 17.1. The zero-order valence-electron chi connectivity index (χ0n) is 13.2. The van der Waals surface area contributed by atoms with Gasteiger partial charge in [-0.15, -0.1) is 0 Å². The van der Waals surface area contributed by atoms with Crippen molar-refractivity contribution < 1.29 is 18.7 Å². The fourth-order valence-corrected chi connectivity index (χ4v) is 2.01. The van der Waals surface area contributed by atoms with Gasteiger partial charge in [-0.2, -0.15) is 5.10 Å². The molecule has 1 aromatic heterocycles. The van der Waals surface area contributed by atoms with E-state index in [0.717, 1.165) is 12.1 Å². The molecule has 0 saturated heterocycles. The van der Waals surface area contributed by atoms with E-state index in [1.807, 2.05) is 13.8 Å². The Bertz CT molecular complexity index is 713. The smallest absolute Gasteiger partial charge is 0.271 e. The standard InChI is InChI=1S/C16H19F2N3O2/c1-9(2)15(22)8-19-16(23)13-6-10(3)21(20-13)14-5-4-11(17)7-12(14)18/h4-7,9,15,22H,8H2,1-3H3,(H,19,23). The number of hydrogen-bond acceptors (Lipinski definition) is 3. The molecule has 2 rings (SSSR count). The van der Waals surface area contributed by atoms with Gasteiger partial charge in [0, 0.05) is 18.3 Å². The molecule has 1 aromatic carbocycles. The molecule has 23 heavy (non-hydrogen) atoms. The number of aryl methyl sites for hydroxylation is 1. The first-order chi connectivity index (χ1) is 10.8. The van der Waals surface area contributed by atoms with Crippen molar-refractivity contribution in [3.8, 4) is 5.69 Å². The molecule has 0 radical (unpaired) electrons. The molecule has 2 N–H and O–H groups in total. The molecule has 1 amide bonds. The summed E-state index contributed by atoms with van der Waals surface area (Å²) in [4.78, 5) is 12.1. The van der Waals surface area contributed by atoms with E-state index >= 15 is 0 Å². The largest absolute Gasteiger partial charge is 0.391 e. The number of hydrogen-bond donors (Lipinski definition) is 2. The van der Waals surface area contributed by atoms with Gasteiger partial charge in [0.2, 0.25) is 0 Å². The van der Waals surface area contributed by atoms with Crippen molar-refractivity contribution in [2.45, 2.75) is 26.9 Å². The lowest BCUT2D eigenvalue weighted by atomic mass is 10.1. The van der Waals surface area contributed by atoms with E-state index in [2.05, 4.69) is 10.4 Å². The third-order valence-electron chi connectivity index (χ3n) is 3.50. The highest BCUT2D eigenvalue weighted by Crippen LogP contribution is 2.17. The molecule has 124 valence electrons. The Morgan fingerprint density at radius 3 is 2.65 bits per heavy atom. The van der Waals surface area contributed by atoms with Crippen LogP contribution in [0.2, 0.25) is 0 Å². The molecule has 0 fully saturated rings. The summed E-state index contributed by atoms with van der Waals surface area (Å²) in [5.41, 5.74) is 0.692. The maximum atomic E-state index is 13.8. The highest BCUT2D eigenvalue weighted by molar-refractivity contribution is 5.92. The second kappa shape index (κ2) is 6.87. The lowest BCUT2D eigenvalue weighted by Crippen LogP contribution is -2.34. The van der Waals surface area contributed by atoms with Gasteiger partial charge in [-0.05, 0) is 31.0 Å². The Morgan fingerprint density at radius 1 is 1.35 bits per heavy atom. The van der Waals surface area contributed by atoms with Crippen LogP contribution in [0.15, 0.2) is 24.3 Å². The molecule has 7 heteroatoms. The molecule has 0 bridgehead atoms. The highest BCUT2D eigenvalue weighted by atomic mass is 19.1. The van der Waals surface area contributed by atoms with Gasteiger partial charge in [-0.3, -0.25) is 4.79 Å². The van der Waals surface area contributed by atoms with Crippen molar-refractivity contribution in [3.63, 3.8) is 0 Å². The van der Waals surface area contributed by atoms with Crippen LogP contribution in [0.4, 0.5) is 8.78 Å². The maximum absolute atomic E-state index is 13.8. The molecule has 5 nitrogen and oxygen atoms in total. The first-order valence-corrected chi connectivity index (χ1v) is 7.28. The van der Waals surface area contributed by atoms with Gasteiger partial charge >= 0.3 is 0 Å². The quantitative estimate of drug-likeness (QED) is 0.886. The lowest BCUT2D eigenvalue weighted by molar-refractivity contribution is 0.0866. The molecule has 1 atom stereocenters. The molecule has 0 aliphatic rings. The van der Waals surface area contributed by atoms with Crippen molar-refractivity contribution in [2.75, 3.05) is 6.54 Å². The average Bonchev–Trinajstić information content (AvgIpc) is 2.86. The molecule has 0 saturated carbocycles. The van der Waals surface area contributed by atoms with E-state index in [4.69, 9.17) is 0 Å². The minimum atomic E-state index is -0.765. The molecule has 1 unspecified atom stereocenters. The summed E-state index contributed by atoms with van der Waals surface area (Å²) >= 11 is 0. The average molecular weight is 323 g/mol. The minimum Gasteiger partial charge on any atom is -0.391 e. The Labute approximate surface area is 132 Å². The lowest BCUT2D eigenvalue weighted by Gasteiger charge is -2.14. The van der Waals surface area contributed by atoms with Crippen LogP contribution >= 0.6 is 0 Å². The monoisotopic (exact) mass is 323 g/mol. The molecule has 2 aromatic rings. The van der Waals surface area contributed by atoms with Crippen LogP contribution in [0.3, 0.4) is 0 Å². The molecule has 0 aliphatic carbocycles. The van der Waals surface area contributed by atoms with Crippen LogP contribution in [0.5, 0.6) is 0 Å². The fraction of sp³-hybridized carbons (Fsp3) is 0.375. The topological polar surface area (TPSA) is 67.2 Å². The predicted molar refractivity (Wildman–Crippen MR) is 81.4 cm³/mol. The minimum absolute atomic E-state index is 0.0166. The van der Waals surface area contributed by atoms with Crippen LogP contribution < -0.4 is 5.32 Å². The Kier molecular flexibility index (Phi) is 5.10. The Hall–Kier alpha value is -2.28. The van der Waals surface area contributed by atoms with Gasteiger partial charge in [0.15, 0.2) is 11.5 Å². The van der Waals surface area contributed by atoms with E-state index in [-0.39, 0.29) is 23.8 Å². The van der Waals surface area contributed by atoms with Gasteiger partial charge in [0.05, 0.1) is 6.10 Å². The van der Waals surface area contributed by atoms with Crippen LogP contribution in [0.1, 0.15) is 30.0 Å². The number of aliphatic hydroxyl groups is 1. The van der Waals surface area contributed by atoms with Crippen LogP contribution in [0.25, 0.3) is 5.69 Å². The van der Waals surface area contributed by atoms with Crippen LogP contribution in [0, 0.1) is 24.5 Å². The van der Waals surface area contributed by atoms with E-state index in [9.17, 15) is 18.7 Å². The number of aliphatic hydroxyl groups excluding tert-OH is 1. The normalized spacial score (nSPS) is 12.5. The first kappa shape index (κ1) is 17.1. The van der Waals surface area contributed by atoms with E-state index in [1.54, 1.807) is 6.92 Å². The van der Waals surface area contributed by atoms with Gasteiger partial charge in [-0.25, -0.2) is 13.5 Å². The third-order valence-corrected chi connectivity index (χ3v) is 3.50. The fourth-order valence-electron chi connectivity index (χ4n) is 2.01. The summed E-state index contributed by atoms with van der Waals surface area (Å²) in [6, 6.07) is 4.64. The SMILES string of the molecule is Cc1cc(C(=O)NCC(O)C(C)C)nn1-c1ccc(F)cc1F. The van der Waals surface area contributed by atoms with Gasteiger partial charge < -0.3 is 10.4 Å². The van der Waals surface area contributed by atoms with E-state index < -0.39 is 23.6 Å². The number of nitrogens with one attached hydrogen (secondary N) is 1. The van der Waals surface area contributed by atoms with Gasteiger partial charge in [0.1, 0.15) is 11.5 Å². The van der Waals surface area contributed by atoms with Crippen molar-refractivity contribution >= 4 is 5.91 Å². The second-order valence-electron chi connectivity index (χ2n) is 5.70. The highest BCUT2D eigenvalue weighted by Gasteiger charge is 2.17. The molecule has 1 heterocycles. The molecule has 0 aliphatic heterocycles. The Morgan fingerprint density at radius 2 is 2.04 bits per heavy atom. The number of rotatable bonds is 5. The van der Waals surface area contributed by atoms with Crippen molar-refractivity contribution in [3.05, 3.63) is 47.3 Å². The summed E-state index contributed by atoms with van der Waals surface area (Å²) in [5.74, 6) is -1.90. The third kappa shape index (κ3) is 3.92. The van der Waals surface area contributed by atoms with Crippen molar-refractivity contribution in [1.82, 2.24) is 15.1 Å².